The molecule has 2 fully saturated rings. The van der Waals surface area contributed by atoms with E-state index in [1.165, 1.54) is 24.3 Å². The molecule has 3 N–H and O–H groups in total. The average Bonchev–Trinajstić information content (AvgIpc) is 3.13. The molecular weight excluding hydrogens is 355 g/mol. The minimum atomic E-state index is -1.30. The number of benzene rings is 2. The molecule has 138 valence electrons. The van der Waals surface area contributed by atoms with Crippen molar-refractivity contribution in [2.24, 2.45) is 11.8 Å². The quantitative estimate of drug-likeness (QED) is 0.706. The molecule has 0 aromatic heterocycles. The number of amides is 2. The highest BCUT2D eigenvalue weighted by Gasteiger charge is 2.61. The minimum Gasteiger partial charge on any atom is -0.508 e. The van der Waals surface area contributed by atoms with Crippen molar-refractivity contribution in [3.05, 3.63) is 59.9 Å². The summed E-state index contributed by atoms with van der Waals surface area (Å²) in [6.07, 6.45) is 0. The van der Waals surface area contributed by atoms with Gasteiger partial charge in [-0.1, -0.05) is 24.3 Å². The van der Waals surface area contributed by atoms with Crippen molar-refractivity contribution < 1.29 is 29.0 Å². The fourth-order valence-electron chi connectivity index (χ4n) is 3.94. The number of phenols is 1. The highest BCUT2D eigenvalue weighted by atomic mass is 19.1. The van der Waals surface area contributed by atoms with Gasteiger partial charge in [0.2, 0.25) is 11.8 Å². The highest BCUT2D eigenvalue weighted by molar-refractivity contribution is 6.23. The average molecular weight is 370 g/mol. The molecule has 2 aliphatic rings. The zero-order valence-electron chi connectivity index (χ0n) is 13.9. The van der Waals surface area contributed by atoms with Crippen molar-refractivity contribution in [3.63, 3.8) is 0 Å². The number of hydrogen-bond donors (Lipinski definition) is 3. The molecule has 0 bridgehead atoms. The third-order valence-corrected chi connectivity index (χ3v) is 5.08. The molecule has 2 aromatic rings. The Balaban J connectivity index is 1.80. The minimum absolute atomic E-state index is 0.0552. The number of halogens is 1. The van der Waals surface area contributed by atoms with Crippen molar-refractivity contribution in [3.8, 4) is 5.75 Å². The van der Waals surface area contributed by atoms with E-state index in [1.54, 1.807) is 18.2 Å². The van der Waals surface area contributed by atoms with Crippen LogP contribution in [0.1, 0.15) is 11.6 Å². The number of fused-ring (bicyclic) bond motifs is 1. The number of carboxylic acids is 1. The van der Waals surface area contributed by atoms with E-state index in [2.05, 4.69) is 5.32 Å². The molecule has 0 aliphatic carbocycles. The topological polar surface area (TPSA) is 107 Å². The molecule has 0 radical (unpaired) electrons. The van der Waals surface area contributed by atoms with Gasteiger partial charge in [0, 0.05) is 11.6 Å². The molecule has 4 atom stereocenters. The van der Waals surface area contributed by atoms with Crippen LogP contribution in [0.4, 0.5) is 10.1 Å². The summed E-state index contributed by atoms with van der Waals surface area (Å²) in [5.74, 6) is -5.49. The molecule has 7 nitrogen and oxygen atoms in total. The molecule has 0 saturated carbocycles. The first-order valence-corrected chi connectivity index (χ1v) is 8.30. The Morgan fingerprint density at radius 3 is 2.41 bits per heavy atom. The molecule has 2 amide bonds. The first kappa shape index (κ1) is 17.2. The number of carbonyl (C=O) groups is 3. The number of carboxylic acid groups (broad SMARTS) is 1. The van der Waals surface area contributed by atoms with E-state index in [0.29, 0.717) is 5.56 Å². The molecule has 0 spiro atoms. The second-order valence-electron chi connectivity index (χ2n) is 6.56. The van der Waals surface area contributed by atoms with Crippen molar-refractivity contribution in [2.75, 3.05) is 4.90 Å². The van der Waals surface area contributed by atoms with Crippen LogP contribution in [0.25, 0.3) is 0 Å². The molecule has 0 unspecified atom stereocenters. The summed E-state index contributed by atoms with van der Waals surface area (Å²) < 4.78 is 13.6. The first-order valence-electron chi connectivity index (χ1n) is 8.30. The first-order chi connectivity index (χ1) is 12.9. The molecule has 8 heteroatoms. The fourth-order valence-corrected chi connectivity index (χ4v) is 3.94. The lowest BCUT2D eigenvalue weighted by molar-refractivity contribution is -0.142. The number of nitrogens with one attached hydrogen (secondary N) is 1. The van der Waals surface area contributed by atoms with Crippen molar-refractivity contribution in [1.29, 1.82) is 0 Å². The molecule has 2 aromatic carbocycles. The third kappa shape index (κ3) is 2.57. The predicted molar refractivity (Wildman–Crippen MR) is 91.3 cm³/mol. The molecule has 2 aliphatic heterocycles. The van der Waals surface area contributed by atoms with Crippen LogP contribution < -0.4 is 10.2 Å². The van der Waals surface area contributed by atoms with Gasteiger partial charge in [-0.3, -0.25) is 19.7 Å². The van der Waals surface area contributed by atoms with Crippen molar-refractivity contribution >= 4 is 23.5 Å². The monoisotopic (exact) mass is 370 g/mol. The summed E-state index contributed by atoms with van der Waals surface area (Å²) in [4.78, 5) is 38.5. The van der Waals surface area contributed by atoms with E-state index in [0.717, 1.165) is 11.0 Å². The highest BCUT2D eigenvalue weighted by Crippen LogP contribution is 2.46. The van der Waals surface area contributed by atoms with Gasteiger partial charge < -0.3 is 10.2 Å². The number of hydrogen-bond acceptors (Lipinski definition) is 5. The number of carbonyl (C=O) groups excluding carboxylic acids is 2. The second-order valence-corrected chi connectivity index (χ2v) is 6.56. The second kappa shape index (κ2) is 6.17. The van der Waals surface area contributed by atoms with Crippen LogP contribution in [0.2, 0.25) is 0 Å². The van der Waals surface area contributed by atoms with Gasteiger partial charge >= 0.3 is 5.97 Å². The number of aliphatic carboxylic acids is 1. The predicted octanol–water partition coefficient (Wildman–Crippen LogP) is 1.43. The van der Waals surface area contributed by atoms with Gasteiger partial charge in [-0.15, -0.1) is 0 Å². The van der Waals surface area contributed by atoms with Gasteiger partial charge in [0.05, 0.1) is 17.5 Å². The Morgan fingerprint density at radius 2 is 1.74 bits per heavy atom. The number of rotatable bonds is 3. The lowest BCUT2D eigenvalue weighted by Crippen LogP contribution is -2.43. The Kier molecular flexibility index (Phi) is 3.92. The number of imide groups is 1. The lowest BCUT2D eigenvalue weighted by atomic mass is 9.86. The van der Waals surface area contributed by atoms with Gasteiger partial charge in [0.25, 0.3) is 0 Å². The Morgan fingerprint density at radius 1 is 1.04 bits per heavy atom. The molecule has 4 rings (SSSR count). The van der Waals surface area contributed by atoms with E-state index < -0.39 is 47.5 Å². The summed E-state index contributed by atoms with van der Waals surface area (Å²) >= 11 is 0. The van der Waals surface area contributed by atoms with E-state index in [9.17, 15) is 29.0 Å². The molecule has 2 heterocycles. The summed E-state index contributed by atoms with van der Waals surface area (Å²) in [6, 6.07) is 9.10. The maximum atomic E-state index is 13.6. The number of phenolic OH excluding ortho intramolecular Hbond substituents is 1. The van der Waals surface area contributed by atoms with Gasteiger partial charge in [-0.05, 0) is 24.3 Å². The number of aromatic hydroxyl groups is 1. The zero-order valence-corrected chi connectivity index (χ0v) is 13.9. The van der Waals surface area contributed by atoms with Crippen molar-refractivity contribution in [1.82, 2.24) is 5.32 Å². The smallest absolute Gasteiger partial charge is 0.321 e. The van der Waals surface area contributed by atoms with Crippen LogP contribution >= 0.6 is 0 Å². The Labute approximate surface area is 153 Å². The maximum Gasteiger partial charge on any atom is 0.321 e. The summed E-state index contributed by atoms with van der Waals surface area (Å²) in [7, 11) is 0. The molecule has 27 heavy (non-hydrogen) atoms. The van der Waals surface area contributed by atoms with Crippen LogP contribution in [-0.4, -0.2) is 34.0 Å². The fraction of sp³-hybridized carbons (Fsp3) is 0.211. The number of anilines is 1. The summed E-state index contributed by atoms with van der Waals surface area (Å²) in [5, 5.41) is 22.5. The van der Waals surface area contributed by atoms with E-state index in [1.807, 2.05) is 0 Å². The van der Waals surface area contributed by atoms with Crippen LogP contribution in [0, 0.1) is 17.7 Å². The van der Waals surface area contributed by atoms with Crippen LogP contribution in [0.3, 0.4) is 0 Å². The SMILES string of the molecule is O=C(O)[C@H]1N[C@@H](c2ccccc2O)[C@@H]2C(=O)N(c3cccc(F)c3)C(=O)[C@H]21. The number of nitrogens with zero attached hydrogens (tertiary/aromatic N) is 1. The number of para-hydroxylation sites is 1. The Hall–Kier alpha value is -3.26. The van der Waals surface area contributed by atoms with Gasteiger partial charge in [0.1, 0.15) is 17.6 Å². The standard InChI is InChI=1S/C19H15FN2O5/c20-9-4-3-5-10(8-9)22-17(24)13-14(18(22)25)16(19(26)27)21-15(13)11-6-1-2-7-12(11)23/h1-8,13-16,21,23H,(H,26,27)/t13-,14-,15+,16+/m1/s1. The third-order valence-electron chi connectivity index (χ3n) is 5.08. The van der Waals surface area contributed by atoms with Gasteiger partial charge in [0.15, 0.2) is 0 Å². The molecule has 2 saturated heterocycles. The largest absolute Gasteiger partial charge is 0.508 e. The van der Waals surface area contributed by atoms with Crippen LogP contribution in [0.15, 0.2) is 48.5 Å². The zero-order chi connectivity index (χ0) is 19.3. The van der Waals surface area contributed by atoms with E-state index in [4.69, 9.17) is 0 Å². The normalized spacial score (nSPS) is 27.1. The van der Waals surface area contributed by atoms with Gasteiger partial charge in [-0.2, -0.15) is 0 Å². The van der Waals surface area contributed by atoms with Crippen molar-refractivity contribution in [2.45, 2.75) is 12.1 Å². The van der Waals surface area contributed by atoms with E-state index in [-0.39, 0.29) is 11.4 Å². The van der Waals surface area contributed by atoms with Crippen LogP contribution in [-0.2, 0) is 14.4 Å². The lowest BCUT2D eigenvalue weighted by Gasteiger charge is -2.22. The summed E-state index contributed by atoms with van der Waals surface area (Å²) in [5.41, 5.74) is 0.387. The maximum absolute atomic E-state index is 13.6. The molecular formula is C19H15FN2O5. The van der Waals surface area contributed by atoms with Crippen LogP contribution in [0.5, 0.6) is 5.75 Å². The summed E-state index contributed by atoms with van der Waals surface area (Å²) in [6.45, 7) is 0. The Bertz CT molecular complexity index is 963. The van der Waals surface area contributed by atoms with E-state index >= 15 is 0 Å². The van der Waals surface area contributed by atoms with Gasteiger partial charge in [-0.25, -0.2) is 9.29 Å².